The number of fused-ring (bicyclic) bond motifs is 1. The second-order valence-corrected chi connectivity index (χ2v) is 7.83. The number of para-hydroxylation sites is 1. The summed E-state index contributed by atoms with van der Waals surface area (Å²) in [6, 6.07) is 16.3. The molecule has 1 N–H and O–H groups in total. The highest BCUT2D eigenvalue weighted by Crippen LogP contribution is 2.32. The molecule has 10 heteroatoms. The van der Waals surface area contributed by atoms with Crippen LogP contribution in [0.4, 0.5) is 5.69 Å². The number of aryl methyl sites for hydroxylation is 1. The lowest BCUT2D eigenvalue weighted by Gasteiger charge is -2.13. The van der Waals surface area contributed by atoms with Crippen LogP contribution in [0.3, 0.4) is 0 Å². The van der Waals surface area contributed by atoms with Crippen LogP contribution in [0, 0.1) is 18.3 Å². The largest absolute Gasteiger partial charge is 0.487 e. The van der Waals surface area contributed by atoms with E-state index >= 15 is 0 Å². The van der Waals surface area contributed by atoms with Crippen molar-refractivity contribution in [2.24, 2.45) is 4.99 Å². The Morgan fingerprint density at radius 2 is 1.50 bits per heavy atom. The summed E-state index contributed by atoms with van der Waals surface area (Å²) in [6.07, 6.45) is 0. The Hall–Kier alpha value is -3.91. The molecule has 0 saturated heterocycles. The summed E-state index contributed by atoms with van der Waals surface area (Å²) in [4.78, 5) is 17.6. The number of rotatable bonds is 3. The highest BCUT2D eigenvalue weighted by atomic mass is 16.6. The molecule has 0 radical (unpaired) electrons. The average Bonchev–Trinajstić information content (AvgIpc) is 3.19. The van der Waals surface area contributed by atoms with Gasteiger partial charge in [0.05, 0.1) is 56.6 Å². The van der Waals surface area contributed by atoms with Gasteiger partial charge in [0.15, 0.2) is 17.2 Å². The normalized spacial score (nSPS) is 15.9. The molecule has 0 unspecified atom stereocenters. The van der Waals surface area contributed by atoms with Crippen molar-refractivity contribution in [2.75, 3.05) is 52.9 Å². The summed E-state index contributed by atoms with van der Waals surface area (Å²) in [5, 5.41) is 12.9. The van der Waals surface area contributed by atoms with E-state index in [2.05, 4.69) is 16.2 Å². The number of nitrogens with zero attached hydrogens (tertiary/aromatic N) is 3. The average molecular weight is 493 g/mol. The number of aliphatic imine (C=N–C) groups is 1. The minimum absolute atomic E-state index is 0.00169. The zero-order valence-corrected chi connectivity index (χ0v) is 20.1. The molecular weight excluding hydrogens is 464 g/mol. The van der Waals surface area contributed by atoms with Crippen LogP contribution in [0.5, 0.6) is 11.5 Å². The first-order valence-electron chi connectivity index (χ1n) is 11.7. The van der Waals surface area contributed by atoms with Crippen LogP contribution in [0.2, 0.25) is 0 Å². The van der Waals surface area contributed by atoms with E-state index in [1.807, 2.05) is 18.2 Å². The van der Waals surface area contributed by atoms with Gasteiger partial charge in [-0.15, -0.1) is 0 Å². The van der Waals surface area contributed by atoms with Gasteiger partial charge < -0.3 is 23.7 Å². The van der Waals surface area contributed by atoms with E-state index in [0.717, 1.165) is 0 Å². The number of nitriles is 1. The Kier molecular flexibility index (Phi) is 8.88. The first kappa shape index (κ1) is 25.2. The smallest absolute Gasteiger partial charge is 0.281 e. The first-order chi connectivity index (χ1) is 17.7. The standard InChI is InChI=1S/C26H28N4O6/c1-19-25(26(31)30(29-19)21-5-3-2-4-6-21)22(18-27)28-20-7-8-23-24(17-20)36-16-14-34-12-10-32-9-11-33-13-15-35-23/h2-8,17,29H,9-16H2,1H3. The van der Waals surface area contributed by atoms with Crippen molar-refractivity contribution >= 4 is 11.4 Å². The summed E-state index contributed by atoms with van der Waals surface area (Å²) >= 11 is 0. The number of aromatic nitrogens is 2. The summed E-state index contributed by atoms with van der Waals surface area (Å²) in [5.74, 6) is 0.974. The van der Waals surface area contributed by atoms with Crippen molar-refractivity contribution in [3.05, 3.63) is 70.1 Å². The van der Waals surface area contributed by atoms with Crippen molar-refractivity contribution in [1.82, 2.24) is 9.78 Å². The summed E-state index contributed by atoms with van der Waals surface area (Å²) in [5.41, 5.74) is 1.51. The van der Waals surface area contributed by atoms with Crippen LogP contribution in [-0.2, 0) is 14.2 Å². The Bertz CT molecular complexity index is 1280. The van der Waals surface area contributed by atoms with E-state index in [9.17, 15) is 10.1 Å². The van der Waals surface area contributed by atoms with E-state index < -0.39 is 0 Å². The molecule has 1 aliphatic rings. The highest BCUT2D eigenvalue weighted by molar-refractivity contribution is 6.13. The van der Waals surface area contributed by atoms with E-state index in [1.165, 1.54) is 4.68 Å². The molecule has 36 heavy (non-hydrogen) atoms. The van der Waals surface area contributed by atoms with E-state index in [4.69, 9.17) is 23.7 Å². The van der Waals surface area contributed by atoms with Gasteiger partial charge in [0, 0.05) is 11.8 Å². The zero-order valence-electron chi connectivity index (χ0n) is 20.1. The maximum Gasteiger partial charge on any atom is 0.281 e. The minimum Gasteiger partial charge on any atom is -0.487 e. The topological polar surface area (TPSA) is 120 Å². The Morgan fingerprint density at radius 1 is 0.889 bits per heavy atom. The van der Waals surface area contributed by atoms with Crippen molar-refractivity contribution in [1.29, 1.82) is 5.26 Å². The minimum atomic E-state index is -0.353. The molecule has 1 aliphatic heterocycles. The molecule has 2 heterocycles. The molecule has 0 spiro atoms. The van der Waals surface area contributed by atoms with E-state index in [1.54, 1.807) is 37.3 Å². The van der Waals surface area contributed by atoms with Crippen molar-refractivity contribution < 1.29 is 23.7 Å². The molecule has 10 nitrogen and oxygen atoms in total. The molecule has 3 aromatic rings. The molecular formula is C26H28N4O6. The first-order valence-corrected chi connectivity index (χ1v) is 11.7. The Morgan fingerprint density at radius 3 is 2.14 bits per heavy atom. The van der Waals surface area contributed by atoms with Gasteiger partial charge in [-0.3, -0.25) is 9.89 Å². The lowest BCUT2D eigenvalue weighted by atomic mass is 10.1. The third-order valence-corrected chi connectivity index (χ3v) is 5.31. The number of hydrogen-bond acceptors (Lipinski definition) is 8. The van der Waals surface area contributed by atoms with Crippen LogP contribution in [0.25, 0.3) is 5.69 Å². The highest BCUT2D eigenvalue weighted by Gasteiger charge is 2.18. The van der Waals surface area contributed by atoms with Gasteiger partial charge in [0.25, 0.3) is 5.56 Å². The SMILES string of the molecule is Cc1[nH]n(-c2ccccc2)c(=O)c1C(C#N)=Nc1ccc2c(c1)OCCOCCOCCOCCO2. The molecule has 0 amide bonds. The van der Waals surface area contributed by atoms with Gasteiger partial charge in [0.1, 0.15) is 19.3 Å². The van der Waals surface area contributed by atoms with Gasteiger partial charge in [-0.05, 0) is 31.2 Å². The second kappa shape index (κ2) is 12.7. The number of ether oxygens (including phenoxy) is 5. The maximum absolute atomic E-state index is 13.1. The van der Waals surface area contributed by atoms with Crippen LogP contribution < -0.4 is 15.0 Å². The van der Waals surface area contributed by atoms with Crippen molar-refractivity contribution in [3.8, 4) is 23.3 Å². The van der Waals surface area contributed by atoms with Gasteiger partial charge in [-0.25, -0.2) is 9.67 Å². The van der Waals surface area contributed by atoms with Gasteiger partial charge in [-0.1, -0.05) is 18.2 Å². The van der Waals surface area contributed by atoms with Crippen LogP contribution in [-0.4, -0.2) is 68.3 Å². The van der Waals surface area contributed by atoms with Crippen molar-refractivity contribution in [3.63, 3.8) is 0 Å². The molecule has 2 aromatic carbocycles. The quantitative estimate of drug-likeness (QED) is 0.558. The third kappa shape index (κ3) is 6.40. The number of H-pyrrole nitrogens is 1. The molecule has 4 rings (SSSR count). The molecule has 0 atom stereocenters. The van der Waals surface area contributed by atoms with Gasteiger partial charge >= 0.3 is 0 Å². The number of hydrogen-bond donors (Lipinski definition) is 1. The predicted molar refractivity (Wildman–Crippen MR) is 133 cm³/mol. The fourth-order valence-electron chi connectivity index (χ4n) is 3.61. The molecule has 0 fully saturated rings. The zero-order chi connectivity index (χ0) is 25.2. The Balaban J connectivity index is 1.61. The lowest BCUT2D eigenvalue weighted by Crippen LogP contribution is -2.20. The summed E-state index contributed by atoms with van der Waals surface area (Å²) in [6.45, 7) is 5.05. The van der Waals surface area contributed by atoms with Gasteiger partial charge in [0.2, 0.25) is 0 Å². The van der Waals surface area contributed by atoms with Crippen LogP contribution >= 0.6 is 0 Å². The number of benzene rings is 2. The fourth-order valence-corrected chi connectivity index (χ4v) is 3.61. The monoisotopic (exact) mass is 492 g/mol. The van der Waals surface area contributed by atoms with E-state index in [0.29, 0.717) is 81.4 Å². The lowest BCUT2D eigenvalue weighted by molar-refractivity contribution is 0.00708. The summed E-state index contributed by atoms with van der Waals surface area (Å²) < 4.78 is 29.5. The predicted octanol–water partition coefficient (Wildman–Crippen LogP) is 2.94. The van der Waals surface area contributed by atoms with Crippen molar-refractivity contribution in [2.45, 2.75) is 6.92 Å². The molecule has 0 saturated carbocycles. The van der Waals surface area contributed by atoms with Gasteiger partial charge in [-0.2, -0.15) is 5.26 Å². The Labute approximate surface area is 208 Å². The molecule has 0 bridgehead atoms. The molecule has 1 aromatic heterocycles. The maximum atomic E-state index is 13.1. The van der Waals surface area contributed by atoms with Crippen LogP contribution in [0.1, 0.15) is 11.3 Å². The summed E-state index contributed by atoms with van der Waals surface area (Å²) in [7, 11) is 0. The second-order valence-electron chi connectivity index (χ2n) is 7.83. The van der Waals surface area contributed by atoms with E-state index in [-0.39, 0.29) is 16.8 Å². The molecule has 0 aliphatic carbocycles. The number of nitrogens with one attached hydrogen (secondary N) is 1. The third-order valence-electron chi connectivity index (χ3n) is 5.31. The van der Waals surface area contributed by atoms with Crippen LogP contribution in [0.15, 0.2) is 58.3 Å². The fraction of sp³-hybridized carbons (Fsp3) is 0.346. The molecule has 188 valence electrons. The number of aromatic amines is 1.